The summed E-state index contributed by atoms with van der Waals surface area (Å²) in [5.41, 5.74) is 4.05. The third-order valence-corrected chi connectivity index (χ3v) is 4.48. The first-order valence-corrected chi connectivity index (χ1v) is 9.00. The predicted octanol–water partition coefficient (Wildman–Crippen LogP) is 5.13. The Labute approximate surface area is 156 Å². The van der Waals surface area contributed by atoms with Crippen molar-refractivity contribution in [1.82, 2.24) is 0 Å². The Bertz CT molecular complexity index is 740. The van der Waals surface area contributed by atoms with Gasteiger partial charge in [0, 0.05) is 11.3 Å². The largest absolute Gasteiger partial charge is 0.497 e. The van der Waals surface area contributed by atoms with Crippen LogP contribution in [0.3, 0.4) is 0 Å². The van der Waals surface area contributed by atoms with Crippen LogP contribution in [0.1, 0.15) is 56.2 Å². The Balaban J connectivity index is 2.31. The topological polar surface area (TPSA) is 47.6 Å². The Kier molecular flexibility index (Phi) is 6.67. The first-order chi connectivity index (χ1) is 12.4. The molecule has 4 heteroatoms. The number of para-hydroxylation sites is 1. The van der Waals surface area contributed by atoms with Gasteiger partial charge >= 0.3 is 0 Å². The zero-order valence-electron chi connectivity index (χ0n) is 16.6. The minimum atomic E-state index is -0.0634. The van der Waals surface area contributed by atoms with Gasteiger partial charge in [0.15, 0.2) is 0 Å². The lowest BCUT2D eigenvalue weighted by atomic mass is 9.92. The lowest BCUT2D eigenvalue weighted by Crippen LogP contribution is -2.18. The number of rotatable bonds is 7. The summed E-state index contributed by atoms with van der Waals surface area (Å²) in [6.07, 6.45) is 0.227. The molecule has 0 saturated carbocycles. The van der Waals surface area contributed by atoms with Crippen molar-refractivity contribution in [2.24, 2.45) is 0 Å². The van der Waals surface area contributed by atoms with E-state index in [0.717, 1.165) is 22.4 Å². The van der Waals surface area contributed by atoms with E-state index in [1.54, 1.807) is 14.2 Å². The highest BCUT2D eigenvalue weighted by molar-refractivity contribution is 5.94. The number of carbonyl (C=O) groups excluding carboxylic acids is 1. The Morgan fingerprint density at radius 3 is 2.08 bits per heavy atom. The maximum Gasteiger partial charge on any atom is 0.228 e. The lowest BCUT2D eigenvalue weighted by Gasteiger charge is -2.20. The van der Waals surface area contributed by atoms with Crippen LogP contribution in [0, 0.1) is 0 Å². The molecule has 0 spiro atoms. The van der Waals surface area contributed by atoms with Gasteiger partial charge in [-0.05, 0) is 41.2 Å². The van der Waals surface area contributed by atoms with E-state index in [0.29, 0.717) is 23.3 Å². The van der Waals surface area contributed by atoms with Crippen molar-refractivity contribution < 1.29 is 14.3 Å². The second kappa shape index (κ2) is 8.75. The molecule has 140 valence electrons. The average molecular weight is 355 g/mol. The van der Waals surface area contributed by atoms with Crippen LogP contribution in [0.15, 0.2) is 36.4 Å². The molecule has 1 N–H and O–H groups in total. The van der Waals surface area contributed by atoms with Gasteiger partial charge in [0.25, 0.3) is 0 Å². The van der Waals surface area contributed by atoms with Crippen molar-refractivity contribution in [1.29, 1.82) is 0 Å². The number of benzene rings is 2. The minimum absolute atomic E-state index is 0.0634. The molecule has 4 nitrogen and oxygen atoms in total. The van der Waals surface area contributed by atoms with Crippen molar-refractivity contribution in [2.75, 3.05) is 19.5 Å². The van der Waals surface area contributed by atoms with Crippen LogP contribution in [0.2, 0.25) is 0 Å². The summed E-state index contributed by atoms with van der Waals surface area (Å²) >= 11 is 0. The number of anilines is 1. The fourth-order valence-corrected chi connectivity index (χ4v) is 3.07. The van der Waals surface area contributed by atoms with E-state index in [1.165, 1.54) is 0 Å². The third-order valence-electron chi connectivity index (χ3n) is 4.48. The monoisotopic (exact) mass is 355 g/mol. The van der Waals surface area contributed by atoms with E-state index in [4.69, 9.17) is 9.47 Å². The van der Waals surface area contributed by atoms with Crippen molar-refractivity contribution >= 4 is 11.6 Å². The Morgan fingerprint density at radius 2 is 1.58 bits per heavy atom. The van der Waals surface area contributed by atoms with Gasteiger partial charge in [-0.2, -0.15) is 0 Å². The van der Waals surface area contributed by atoms with Crippen molar-refractivity contribution in [3.05, 3.63) is 53.1 Å². The fourth-order valence-electron chi connectivity index (χ4n) is 3.07. The highest BCUT2D eigenvalue weighted by atomic mass is 16.5. The van der Waals surface area contributed by atoms with Gasteiger partial charge in [0.1, 0.15) is 11.5 Å². The van der Waals surface area contributed by atoms with E-state index in [2.05, 4.69) is 51.2 Å². The molecule has 0 fully saturated rings. The molecule has 0 aromatic heterocycles. The van der Waals surface area contributed by atoms with Gasteiger partial charge in [-0.1, -0.05) is 45.9 Å². The van der Waals surface area contributed by atoms with E-state index in [9.17, 15) is 4.79 Å². The summed E-state index contributed by atoms with van der Waals surface area (Å²) in [4.78, 5) is 12.8. The smallest absolute Gasteiger partial charge is 0.228 e. The molecule has 0 atom stereocenters. The molecule has 2 aromatic rings. The molecule has 0 bridgehead atoms. The lowest BCUT2D eigenvalue weighted by molar-refractivity contribution is -0.115. The molecule has 0 saturated heterocycles. The van der Waals surface area contributed by atoms with E-state index >= 15 is 0 Å². The average Bonchev–Trinajstić information content (AvgIpc) is 2.61. The number of hydrogen-bond acceptors (Lipinski definition) is 3. The summed E-state index contributed by atoms with van der Waals surface area (Å²) in [7, 11) is 3.22. The second-order valence-corrected chi connectivity index (χ2v) is 7.02. The number of carbonyl (C=O) groups is 1. The molecule has 26 heavy (non-hydrogen) atoms. The molecule has 0 aliphatic rings. The van der Waals surface area contributed by atoms with Crippen LogP contribution < -0.4 is 14.8 Å². The number of ether oxygens (including phenoxy) is 2. The summed E-state index contributed by atoms with van der Waals surface area (Å²) in [6, 6.07) is 11.7. The van der Waals surface area contributed by atoms with Gasteiger partial charge in [0.2, 0.25) is 5.91 Å². The molecule has 0 aliphatic carbocycles. The number of amides is 1. The quantitative estimate of drug-likeness (QED) is 0.749. The van der Waals surface area contributed by atoms with Crippen LogP contribution in [0.25, 0.3) is 0 Å². The molecule has 2 aromatic carbocycles. The number of nitrogens with one attached hydrogen (secondary N) is 1. The SMILES string of the molecule is COc1ccc(OC)c(CC(=O)Nc2c(C(C)C)cccc2C(C)C)c1. The van der Waals surface area contributed by atoms with Crippen LogP contribution >= 0.6 is 0 Å². The number of hydrogen-bond donors (Lipinski definition) is 1. The second-order valence-electron chi connectivity index (χ2n) is 7.02. The van der Waals surface area contributed by atoms with E-state index < -0.39 is 0 Å². The van der Waals surface area contributed by atoms with Crippen LogP contribution in [0.4, 0.5) is 5.69 Å². The molecule has 2 rings (SSSR count). The van der Waals surface area contributed by atoms with Gasteiger partial charge < -0.3 is 14.8 Å². The fraction of sp³-hybridized carbons (Fsp3) is 0.409. The van der Waals surface area contributed by atoms with Crippen molar-refractivity contribution in [3.8, 4) is 11.5 Å². The first kappa shape index (κ1) is 19.8. The molecule has 0 unspecified atom stereocenters. The van der Waals surface area contributed by atoms with Gasteiger partial charge in [-0.3, -0.25) is 4.79 Å². The third kappa shape index (κ3) is 4.57. The van der Waals surface area contributed by atoms with Crippen LogP contribution in [0.5, 0.6) is 11.5 Å². The standard InChI is InChI=1S/C22H29NO3/c1-14(2)18-8-7-9-19(15(3)4)22(18)23-21(24)13-16-12-17(25-5)10-11-20(16)26-6/h7-12,14-15H,13H2,1-6H3,(H,23,24). The Hall–Kier alpha value is -2.49. The zero-order valence-corrected chi connectivity index (χ0v) is 16.6. The summed E-state index contributed by atoms with van der Waals surface area (Å²) in [5, 5.41) is 3.14. The summed E-state index contributed by atoms with van der Waals surface area (Å²) in [5.74, 6) is 1.98. The van der Waals surface area contributed by atoms with E-state index in [-0.39, 0.29) is 12.3 Å². The maximum atomic E-state index is 12.8. The van der Waals surface area contributed by atoms with Crippen LogP contribution in [-0.2, 0) is 11.2 Å². The molecular formula is C22H29NO3. The maximum absolute atomic E-state index is 12.8. The minimum Gasteiger partial charge on any atom is -0.497 e. The highest BCUT2D eigenvalue weighted by Gasteiger charge is 2.17. The van der Waals surface area contributed by atoms with Crippen LogP contribution in [-0.4, -0.2) is 20.1 Å². The normalized spacial score (nSPS) is 10.9. The van der Waals surface area contributed by atoms with Crippen molar-refractivity contribution in [2.45, 2.75) is 46.0 Å². The zero-order chi connectivity index (χ0) is 19.3. The predicted molar refractivity (Wildman–Crippen MR) is 106 cm³/mol. The molecular weight excluding hydrogens is 326 g/mol. The highest BCUT2D eigenvalue weighted by Crippen LogP contribution is 2.33. The summed E-state index contributed by atoms with van der Waals surface area (Å²) < 4.78 is 10.7. The molecule has 0 aliphatic heterocycles. The molecule has 0 radical (unpaired) electrons. The van der Waals surface area contributed by atoms with Gasteiger partial charge in [-0.15, -0.1) is 0 Å². The van der Waals surface area contributed by atoms with E-state index in [1.807, 2.05) is 18.2 Å². The van der Waals surface area contributed by atoms with Gasteiger partial charge in [-0.25, -0.2) is 0 Å². The number of methoxy groups -OCH3 is 2. The molecule has 0 heterocycles. The molecule has 1 amide bonds. The Morgan fingerprint density at radius 1 is 0.962 bits per heavy atom. The van der Waals surface area contributed by atoms with Gasteiger partial charge in [0.05, 0.1) is 20.6 Å². The summed E-state index contributed by atoms with van der Waals surface area (Å²) in [6.45, 7) is 8.56. The first-order valence-electron chi connectivity index (χ1n) is 9.00. The van der Waals surface area contributed by atoms with Crippen molar-refractivity contribution in [3.63, 3.8) is 0 Å².